The highest BCUT2D eigenvalue weighted by atomic mass is 16.5. The number of hydrogen-bond donors (Lipinski definition) is 2. The van der Waals surface area contributed by atoms with E-state index in [0.717, 1.165) is 12.8 Å². The predicted octanol–water partition coefficient (Wildman–Crippen LogP) is 1.25. The first-order valence-corrected chi connectivity index (χ1v) is 4.64. The fourth-order valence-electron chi connectivity index (χ4n) is 1.22. The third kappa shape index (κ3) is 2.65. The maximum Gasteiger partial charge on any atom is 0.159 e. The molecule has 3 N–H and O–H groups in total. The van der Waals surface area contributed by atoms with E-state index in [9.17, 15) is 0 Å². The Labute approximate surface area is 83.7 Å². The van der Waals surface area contributed by atoms with Crippen LogP contribution in [-0.4, -0.2) is 17.1 Å². The van der Waals surface area contributed by atoms with Crippen LogP contribution in [0.1, 0.15) is 31.7 Å². The van der Waals surface area contributed by atoms with Gasteiger partial charge >= 0.3 is 0 Å². The Kier molecular flexibility index (Phi) is 4.28. The van der Waals surface area contributed by atoms with Crippen LogP contribution < -0.4 is 11.3 Å². The fourth-order valence-corrected chi connectivity index (χ4v) is 1.22. The normalized spacial score (nSPS) is 12.5. The third-order valence-electron chi connectivity index (χ3n) is 1.95. The molecule has 0 saturated heterocycles. The Morgan fingerprint density at radius 3 is 3.00 bits per heavy atom. The fraction of sp³-hybridized carbons (Fsp3) is 0.556. The van der Waals surface area contributed by atoms with Crippen LogP contribution in [0.4, 0.5) is 5.82 Å². The molecule has 1 aromatic rings. The van der Waals surface area contributed by atoms with E-state index in [-0.39, 0.29) is 6.10 Å². The van der Waals surface area contributed by atoms with Crippen molar-refractivity contribution in [1.82, 2.24) is 9.97 Å². The number of ether oxygens (including phenoxy) is 1. The molecular formula is C9H16N4O. The van der Waals surface area contributed by atoms with Gasteiger partial charge in [0.2, 0.25) is 0 Å². The van der Waals surface area contributed by atoms with Crippen molar-refractivity contribution in [3.63, 3.8) is 0 Å². The quantitative estimate of drug-likeness (QED) is 0.547. The molecule has 5 nitrogen and oxygen atoms in total. The van der Waals surface area contributed by atoms with Crippen LogP contribution in [0, 0.1) is 0 Å². The molecule has 5 heteroatoms. The number of nitrogens with one attached hydrogen (secondary N) is 1. The second-order valence-electron chi connectivity index (χ2n) is 2.96. The molecule has 0 fully saturated rings. The number of nitrogens with two attached hydrogens (primary N) is 1. The minimum Gasteiger partial charge on any atom is -0.373 e. The van der Waals surface area contributed by atoms with Gasteiger partial charge in [0.15, 0.2) is 5.82 Å². The molecule has 0 aliphatic carbocycles. The molecule has 1 heterocycles. The second-order valence-corrected chi connectivity index (χ2v) is 2.96. The summed E-state index contributed by atoms with van der Waals surface area (Å²) >= 11 is 0. The van der Waals surface area contributed by atoms with Crippen molar-refractivity contribution in [1.29, 1.82) is 0 Å². The molecule has 1 aromatic heterocycles. The first-order chi connectivity index (χ1) is 6.81. The number of nitrogen functional groups attached to an aromatic ring is 1. The highest BCUT2D eigenvalue weighted by Gasteiger charge is 2.12. The van der Waals surface area contributed by atoms with E-state index < -0.39 is 0 Å². The Morgan fingerprint density at radius 2 is 2.43 bits per heavy atom. The summed E-state index contributed by atoms with van der Waals surface area (Å²) in [6, 6.07) is 1.71. The molecule has 0 bridgehead atoms. The van der Waals surface area contributed by atoms with Gasteiger partial charge in [-0.2, -0.15) is 0 Å². The Hall–Kier alpha value is -1.20. The number of methoxy groups -OCH3 is 1. The first-order valence-electron chi connectivity index (χ1n) is 4.64. The second kappa shape index (κ2) is 5.51. The lowest BCUT2D eigenvalue weighted by Gasteiger charge is -2.12. The van der Waals surface area contributed by atoms with Crippen LogP contribution >= 0.6 is 0 Å². The largest absolute Gasteiger partial charge is 0.373 e. The molecule has 1 atom stereocenters. The number of aromatic nitrogens is 2. The highest BCUT2D eigenvalue weighted by molar-refractivity contribution is 5.30. The Bertz CT molecular complexity index is 279. The molecule has 78 valence electrons. The predicted molar refractivity (Wildman–Crippen MR) is 54.5 cm³/mol. The standard InChI is InChI=1S/C9H16N4O/c1-3-4-7(14-2)9-11-6-5-8(12-9)13-10/h5-7H,3-4,10H2,1-2H3,(H,11,12,13). The first kappa shape index (κ1) is 10.9. The minimum atomic E-state index is -0.0479. The zero-order valence-corrected chi connectivity index (χ0v) is 8.53. The highest BCUT2D eigenvalue weighted by Crippen LogP contribution is 2.18. The topological polar surface area (TPSA) is 73.1 Å². The number of anilines is 1. The molecule has 14 heavy (non-hydrogen) atoms. The van der Waals surface area contributed by atoms with Crippen LogP contribution in [-0.2, 0) is 4.74 Å². The molecule has 0 radical (unpaired) electrons. The molecule has 0 aliphatic heterocycles. The summed E-state index contributed by atoms with van der Waals surface area (Å²) in [6.07, 6.45) is 3.56. The molecule has 1 unspecified atom stereocenters. The lowest BCUT2D eigenvalue weighted by molar-refractivity contribution is 0.0877. The van der Waals surface area contributed by atoms with Gasteiger partial charge in [-0.3, -0.25) is 0 Å². The average molecular weight is 196 g/mol. The molecule has 0 saturated carbocycles. The van der Waals surface area contributed by atoms with Crippen molar-refractivity contribution in [3.8, 4) is 0 Å². The summed E-state index contributed by atoms with van der Waals surface area (Å²) < 4.78 is 5.28. The van der Waals surface area contributed by atoms with Gasteiger partial charge in [-0.15, -0.1) is 0 Å². The van der Waals surface area contributed by atoms with Crippen molar-refractivity contribution in [2.45, 2.75) is 25.9 Å². The number of hydrazine groups is 1. The van der Waals surface area contributed by atoms with Gasteiger partial charge in [0.1, 0.15) is 11.9 Å². The van der Waals surface area contributed by atoms with Crippen molar-refractivity contribution in [2.24, 2.45) is 5.84 Å². The van der Waals surface area contributed by atoms with E-state index in [1.54, 1.807) is 19.4 Å². The van der Waals surface area contributed by atoms with Crippen molar-refractivity contribution in [2.75, 3.05) is 12.5 Å². The van der Waals surface area contributed by atoms with E-state index in [1.807, 2.05) is 0 Å². The van der Waals surface area contributed by atoms with Crippen LogP contribution in [0.2, 0.25) is 0 Å². The lowest BCUT2D eigenvalue weighted by atomic mass is 10.2. The van der Waals surface area contributed by atoms with Gasteiger partial charge < -0.3 is 10.2 Å². The van der Waals surface area contributed by atoms with Gasteiger partial charge in [-0.05, 0) is 6.42 Å². The van der Waals surface area contributed by atoms with Gasteiger partial charge in [-0.25, -0.2) is 15.8 Å². The average Bonchev–Trinajstić information content (AvgIpc) is 2.26. The van der Waals surface area contributed by atoms with E-state index in [1.165, 1.54) is 0 Å². The molecule has 0 aromatic carbocycles. The van der Waals surface area contributed by atoms with Crippen LogP contribution in [0.3, 0.4) is 0 Å². The van der Waals surface area contributed by atoms with Crippen molar-refractivity contribution >= 4 is 5.82 Å². The monoisotopic (exact) mass is 196 g/mol. The van der Waals surface area contributed by atoms with Crippen molar-refractivity contribution in [3.05, 3.63) is 18.1 Å². The van der Waals surface area contributed by atoms with Gasteiger partial charge in [0.25, 0.3) is 0 Å². The number of rotatable bonds is 5. The summed E-state index contributed by atoms with van der Waals surface area (Å²) in [5.74, 6) is 6.53. The SMILES string of the molecule is CCCC(OC)c1nccc(NN)n1. The van der Waals surface area contributed by atoms with Gasteiger partial charge in [-0.1, -0.05) is 13.3 Å². The smallest absolute Gasteiger partial charge is 0.159 e. The molecular weight excluding hydrogens is 180 g/mol. The minimum absolute atomic E-state index is 0.0479. The molecule has 0 aliphatic rings. The Morgan fingerprint density at radius 1 is 1.64 bits per heavy atom. The zero-order chi connectivity index (χ0) is 10.4. The summed E-state index contributed by atoms with van der Waals surface area (Å²) in [5.41, 5.74) is 2.48. The number of hydrogen-bond acceptors (Lipinski definition) is 5. The maximum atomic E-state index is 5.28. The van der Waals surface area contributed by atoms with E-state index in [0.29, 0.717) is 11.6 Å². The summed E-state index contributed by atoms with van der Waals surface area (Å²) in [5, 5.41) is 0. The third-order valence-corrected chi connectivity index (χ3v) is 1.95. The van der Waals surface area contributed by atoms with Crippen molar-refractivity contribution < 1.29 is 4.74 Å². The van der Waals surface area contributed by atoms with Crippen LogP contribution in [0.5, 0.6) is 0 Å². The summed E-state index contributed by atoms with van der Waals surface area (Å²) in [4.78, 5) is 8.35. The van der Waals surface area contributed by atoms with E-state index in [2.05, 4.69) is 22.3 Å². The zero-order valence-electron chi connectivity index (χ0n) is 8.53. The molecule has 1 rings (SSSR count). The molecule has 0 amide bonds. The van der Waals surface area contributed by atoms with Gasteiger partial charge in [0, 0.05) is 19.4 Å². The summed E-state index contributed by atoms with van der Waals surface area (Å²) in [6.45, 7) is 2.09. The lowest BCUT2D eigenvalue weighted by Crippen LogP contribution is -2.12. The number of nitrogens with zero attached hydrogens (tertiary/aromatic N) is 2. The maximum absolute atomic E-state index is 5.28. The molecule has 0 spiro atoms. The van der Waals surface area contributed by atoms with Crippen LogP contribution in [0.25, 0.3) is 0 Å². The van der Waals surface area contributed by atoms with E-state index in [4.69, 9.17) is 10.6 Å². The Balaban J connectivity index is 2.80. The summed E-state index contributed by atoms with van der Waals surface area (Å²) in [7, 11) is 1.66. The van der Waals surface area contributed by atoms with Crippen LogP contribution in [0.15, 0.2) is 12.3 Å². The van der Waals surface area contributed by atoms with E-state index >= 15 is 0 Å². The van der Waals surface area contributed by atoms with Gasteiger partial charge in [0.05, 0.1) is 0 Å².